The smallest absolute Gasteiger partial charge is 0.330 e. The van der Waals surface area contributed by atoms with Crippen molar-refractivity contribution >= 4 is 17.6 Å². The number of nitrogens with one attached hydrogen (secondary N) is 1. The van der Waals surface area contributed by atoms with Crippen LogP contribution in [0.4, 0.5) is 10.1 Å². The van der Waals surface area contributed by atoms with Crippen molar-refractivity contribution in [2.24, 2.45) is 11.8 Å². The molecule has 3 rings (SSSR count). The van der Waals surface area contributed by atoms with Crippen LogP contribution in [0.1, 0.15) is 43.6 Å². The Bertz CT molecular complexity index is 750. The minimum absolute atomic E-state index is 0.107. The number of rotatable bonds is 11. The van der Waals surface area contributed by atoms with Gasteiger partial charge in [0.05, 0.1) is 12.7 Å². The zero-order valence-electron chi connectivity index (χ0n) is 17.7. The molecule has 30 heavy (non-hydrogen) atoms. The summed E-state index contributed by atoms with van der Waals surface area (Å²) in [6, 6.07) is 2.46. The summed E-state index contributed by atoms with van der Waals surface area (Å²) >= 11 is 0. The molecule has 1 amide bonds. The van der Waals surface area contributed by atoms with Crippen LogP contribution in [-0.4, -0.2) is 62.7 Å². The number of aromatic nitrogens is 1. The van der Waals surface area contributed by atoms with Crippen LogP contribution in [0.3, 0.4) is 0 Å². The molecular weight excluding hydrogens is 393 g/mol. The molecule has 1 atom stereocenters. The minimum Gasteiger partial charge on any atom is -0.476 e. The highest BCUT2D eigenvalue weighted by atomic mass is 19.1. The van der Waals surface area contributed by atoms with Crippen LogP contribution in [0.15, 0.2) is 12.1 Å². The van der Waals surface area contributed by atoms with Gasteiger partial charge in [-0.2, -0.15) is 0 Å². The molecule has 2 heterocycles. The van der Waals surface area contributed by atoms with Gasteiger partial charge in [-0.25, -0.2) is 14.2 Å². The second kappa shape index (κ2) is 10.1. The van der Waals surface area contributed by atoms with Gasteiger partial charge in [-0.3, -0.25) is 4.79 Å². The number of hydrogen-bond donors (Lipinski definition) is 1. The van der Waals surface area contributed by atoms with E-state index in [0.717, 1.165) is 31.6 Å². The van der Waals surface area contributed by atoms with Gasteiger partial charge in [0.2, 0.25) is 12.7 Å². The van der Waals surface area contributed by atoms with Crippen LogP contribution in [0.5, 0.6) is 5.88 Å². The SMILES string of the molecule is COC1CN(c2ccc(C(=O)N[C@@H](CC(C)C)C(=O)OCF)nc2OCC2CC2)C1. The number of ether oxygens (including phenoxy) is 3. The fourth-order valence-corrected chi connectivity index (χ4v) is 3.24. The highest BCUT2D eigenvalue weighted by Crippen LogP contribution is 2.34. The average Bonchev–Trinajstić information content (AvgIpc) is 3.50. The number of carbonyl (C=O) groups excluding carboxylic acids is 2. The fourth-order valence-electron chi connectivity index (χ4n) is 3.24. The molecule has 2 aliphatic rings. The molecule has 2 fully saturated rings. The van der Waals surface area contributed by atoms with E-state index in [1.54, 1.807) is 19.2 Å². The fraction of sp³-hybridized carbons (Fsp3) is 0.667. The Kier molecular flexibility index (Phi) is 7.47. The first kappa shape index (κ1) is 22.3. The molecule has 0 bridgehead atoms. The Hall–Kier alpha value is -2.42. The predicted octanol–water partition coefficient (Wildman–Crippen LogP) is 2.32. The van der Waals surface area contributed by atoms with Crippen molar-refractivity contribution in [2.45, 2.75) is 45.3 Å². The van der Waals surface area contributed by atoms with Gasteiger partial charge in [0.1, 0.15) is 17.4 Å². The number of halogens is 1. The number of hydrogen-bond acceptors (Lipinski definition) is 7. The Morgan fingerprint density at radius 1 is 1.30 bits per heavy atom. The summed E-state index contributed by atoms with van der Waals surface area (Å²) in [5.41, 5.74) is 0.950. The molecule has 0 radical (unpaired) electrons. The van der Waals surface area contributed by atoms with Gasteiger partial charge in [0.25, 0.3) is 5.91 Å². The second-order valence-corrected chi connectivity index (χ2v) is 8.27. The molecule has 1 N–H and O–H groups in total. The van der Waals surface area contributed by atoms with Gasteiger partial charge in [-0.1, -0.05) is 13.8 Å². The maximum atomic E-state index is 12.7. The second-order valence-electron chi connectivity index (χ2n) is 8.27. The number of anilines is 1. The maximum Gasteiger partial charge on any atom is 0.330 e. The van der Waals surface area contributed by atoms with E-state index >= 15 is 0 Å². The first-order valence-corrected chi connectivity index (χ1v) is 10.4. The standard InChI is InChI=1S/C21H30FN3O5/c1-13(2)8-17(21(27)30-12-22)23-19(26)16-6-7-18(25-9-15(10-25)28-3)20(24-16)29-11-14-4-5-14/h6-7,13-15,17H,4-5,8-12H2,1-3H3,(H,23,26)/t17-/m0/s1. The van der Waals surface area contributed by atoms with Crippen LogP contribution < -0.4 is 15.0 Å². The summed E-state index contributed by atoms with van der Waals surface area (Å²) in [4.78, 5) is 31.3. The maximum absolute atomic E-state index is 12.7. The van der Waals surface area contributed by atoms with E-state index in [0.29, 0.717) is 24.8 Å². The quantitative estimate of drug-likeness (QED) is 0.546. The van der Waals surface area contributed by atoms with Crippen LogP contribution in [0.25, 0.3) is 0 Å². The van der Waals surface area contributed by atoms with E-state index in [2.05, 4.69) is 19.9 Å². The Morgan fingerprint density at radius 2 is 2.03 bits per heavy atom. The monoisotopic (exact) mass is 423 g/mol. The Morgan fingerprint density at radius 3 is 2.63 bits per heavy atom. The van der Waals surface area contributed by atoms with Crippen molar-refractivity contribution in [2.75, 3.05) is 38.6 Å². The van der Waals surface area contributed by atoms with Crippen molar-refractivity contribution < 1.29 is 28.2 Å². The molecular formula is C21H30FN3O5. The Balaban J connectivity index is 1.73. The summed E-state index contributed by atoms with van der Waals surface area (Å²) in [6.45, 7) is 4.60. The van der Waals surface area contributed by atoms with Crippen molar-refractivity contribution in [3.8, 4) is 5.88 Å². The molecule has 1 saturated carbocycles. The first-order chi connectivity index (χ1) is 14.4. The van der Waals surface area contributed by atoms with Crippen LogP contribution in [0, 0.1) is 11.8 Å². The normalized spacial score (nSPS) is 17.4. The van der Waals surface area contributed by atoms with Gasteiger partial charge >= 0.3 is 5.97 Å². The number of pyridine rings is 1. The zero-order valence-corrected chi connectivity index (χ0v) is 17.7. The summed E-state index contributed by atoms with van der Waals surface area (Å²) in [7, 11) is 1.68. The predicted molar refractivity (Wildman–Crippen MR) is 108 cm³/mol. The minimum atomic E-state index is -1.23. The summed E-state index contributed by atoms with van der Waals surface area (Å²) < 4.78 is 28.1. The van der Waals surface area contributed by atoms with Crippen LogP contribution in [-0.2, 0) is 14.3 Å². The number of nitrogens with zero attached hydrogens (tertiary/aromatic N) is 2. The number of carbonyl (C=O) groups is 2. The van der Waals surface area contributed by atoms with Gasteiger partial charge in [-0.05, 0) is 43.2 Å². The number of esters is 1. The van der Waals surface area contributed by atoms with Gasteiger partial charge in [0, 0.05) is 20.2 Å². The van der Waals surface area contributed by atoms with E-state index in [9.17, 15) is 14.0 Å². The molecule has 0 spiro atoms. The van der Waals surface area contributed by atoms with Crippen molar-refractivity contribution in [1.29, 1.82) is 0 Å². The molecule has 1 saturated heterocycles. The van der Waals surface area contributed by atoms with E-state index in [1.807, 2.05) is 13.8 Å². The molecule has 1 aromatic heterocycles. The summed E-state index contributed by atoms with van der Waals surface area (Å²) in [5, 5.41) is 2.61. The third kappa shape index (κ3) is 5.81. The molecule has 1 aromatic rings. The van der Waals surface area contributed by atoms with Gasteiger partial charge in [0.15, 0.2) is 0 Å². The summed E-state index contributed by atoms with van der Waals surface area (Å²) in [6.07, 6.45) is 2.78. The first-order valence-electron chi connectivity index (χ1n) is 10.4. The number of methoxy groups -OCH3 is 1. The lowest BCUT2D eigenvalue weighted by Gasteiger charge is -2.40. The highest BCUT2D eigenvalue weighted by Gasteiger charge is 2.31. The average molecular weight is 423 g/mol. The molecule has 9 heteroatoms. The lowest BCUT2D eigenvalue weighted by Crippen LogP contribution is -2.52. The third-order valence-corrected chi connectivity index (χ3v) is 5.24. The van der Waals surface area contributed by atoms with Crippen molar-refractivity contribution in [1.82, 2.24) is 10.3 Å². The van der Waals surface area contributed by atoms with Crippen LogP contribution >= 0.6 is 0 Å². The highest BCUT2D eigenvalue weighted by molar-refractivity contribution is 5.95. The van der Waals surface area contributed by atoms with E-state index < -0.39 is 24.8 Å². The number of amides is 1. The van der Waals surface area contributed by atoms with Crippen molar-refractivity contribution in [3.05, 3.63) is 17.8 Å². The molecule has 1 aliphatic heterocycles. The van der Waals surface area contributed by atoms with Crippen LogP contribution in [0.2, 0.25) is 0 Å². The largest absolute Gasteiger partial charge is 0.476 e. The van der Waals surface area contributed by atoms with E-state index in [4.69, 9.17) is 9.47 Å². The summed E-state index contributed by atoms with van der Waals surface area (Å²) in [5.74, 6) is -0.289. The van der Waals surface area contributed by atoms with Gasteiger partial charge in [-0.15, -0.1) is 0 Å². The Labute approximate surface area is 176 Å². The molecule has 166 valence electrons. The lowest BCUT2D eigenvalue weighted by atomic mass is 10.0. The van der Waals surface area contributed by atoms with Crippen molar-refractivity contribution in [3.63, 3.8) is 0 Å². The lowest BCUT2D eigenvalue weighted by molar-refractivity contribution is -0.150. The third-order valence-electron chi connectivity index (χ3n) is 5.24. The van der Waals surface area contributed by atoms with E-state index in [1.165, 1.54) is 0 Å². The zero-order chi connectivity index (χ0) is 21.7. The molecule has 8 nitrogen and oxygen atoms in total. The molecule has 1 aliphatic carbocycles. The molecule has 0 aromatic carbocycles. The topological polar surface area (TPSA) is 90.0 Å². The number of alkyl halides is 1. The molecule has 0 unspecified atom stereocenters. The van der Waals surface area contributed by atoms with Gasteiger partial charge < -0.3 is 24.4 Å². The van der Waals surface area contributed by atoms with E-state index in [-0.39, 0.29) is 17.7 Å².